The lowest BCUT2D eigenvalue weighted by Crippen LogP contribution is -2.12. The highest BCUT2D eigenvalue weighted by Gasteiger charge is 2.27. The zero-order valence-corrected chi connectivity index (χ0v) is 9.66. The van der Waals surface area contributed by atoms with Gasteiger partial charge in [0.15, 0.2) is 9.84 Å². The van der Waals surface area contributed by atoms with Crippen LogP contribution < -0.4 is 0 Å². The van der Waals surface area contributed by atoms with E-state index in [1.165, 1.54) is 0 Å². The van der Waals surface area contributed by atoms with Gasteiger partial charge in [-0.2, -0.15) is 0 Å². The van der Waals surface area contributed by atoms with E-state index in [0.717, 1.165) is 12.1 Å². The van der Waals surface area contributed by atoms with Gasteiger partial charge in [0.1, 0.15) is 4.90 Å². The molecule has 0 radical (unpaired) electrons. The zero-order chi connectivity index (χ0) is 13.9. The van der Waals surface area contributed by atoms with Crippen LogP contribution in [-0.4, -0.2) is 35.7 Å². The van der Waals surface area contributed by atoms with Gasteiger partial charge in [0.05, 0.1) is 28.3 Å². The third-order valence-corrected chi connectivity index (χ3v) is 3.78. The van der Waals surface area contributed by atoms with Crippen LogP contribution in [0.2, 0.25) is 0 Å². The first kappa shape index (κ1) is 14.0. The van der Waals surface area contributed by atoms with E-state index < -0.39 is 48.3 Å². The molecule has 0 heterocycles. The summed E-state index contributed by atoms with van der Waals surface area (Å²) >= 11 is 0. The van der Waals surface area contributed by atoms with Crippen molar-refractivity contribution in [2.24, 2.45) is 0 Å². The summed E-state index contributed by atoms with van der Waals surface area (Å²) in [4.78, 5) is 18.6. The minimum absolute atomic E-state index is 0.574. The number of rotatable bonds is 5. The van der Waals surface area contributed by atoms with Crippen molar-refractivity contribution in [3.8, 4) is 0 Å². The zero-order valence-electron chi connectivity index (χ0n) is 8.85. The van der Waals surface area contributed by atoms with Crippen molar-refractivity contribution in [3.05, 3.63) is 38.4 Å². The third-order valence-electron chi connectivity index (χ3n) is 2.05. The van der Waals surface area contributed by atoms with Gasteiger partial charge in [0.25, 0.3) is 11.4 Å². The molecule has 1 aromatic rings. The maximum absolute atomic E-state index is 11.6. The normalized spacial score (nSPS) is 11.2. The average molecular weight is 276 g/mol. The van der Waals surface area contributed by atoms with Crippen molar-refractivity contribution >= 4 is 21.2 Å². The van der Waals surface area contributed by atoms with Crippen molar-refractivity contribution in [2.75, 3.05) is 12.4 Å². The number of aliphatic hydroxyl groups is 1. The van der Waals surface area contributed by atoms with Gasteiger partial charge in [-0.3, -0.25) is 20.2 Å². The van der Waals surface area contributed by atoms with Crippen LogP contribution >= 0.6 is 0 Å². The Morgan fingerprint density at radius 1 is 1.17 bits per heavy atom. The molecule has 0 aromatic heterocycles. The molecule has 9 nitrogen and oxygen atoms in total. The molecule has 0 bridgehead atoms. The van der Waals surface area contributed by atoms with Crippen molar-refractivity contribution in [1.29, 1.82) is 0 Å². The molecule has 0 atom stereocenters. The quantitative estimate of drug-likeness (QED) is 0.600. The van der Waals surface area contributed by atoms with Crippen molar-refractivity contribution in [2.45, 2.75) is 4.90 Å². The summed E-state index contributed by atoms with van der Waals surface area (Å²) in [5.41, 5.74) is -1.46. The molecule has 10 heteroatoms. The van der Waals surface area contributed by atoms with Crippen molar-refractivity contribution < 1.29 is 23.4 Å². The predicted molar refractivity (Wildman–Crippen MR) is 58.9 cm³/mol. The molecule has 0 amide bonds. The summed E-state index contributed by atoms with van der Waals surface area (Å²) in [5, 5.41) is 29.7. The summed E-state index contributed by atoms with van der Waals surface area (Å²) < 4.78 is 23.2. The number of hydrogen-bond donors (Lipinski definition) is 1. The molecule has 0 aliphatic carbocycles. The first-order valence-corrected chi connectivity index (χ1v) is 6.21. The molecule has 0 saturated heterocycles. The Balaban J connectivity index is 3.46. The van der Waals surface area contributed by atoms with Gasteiger partial charge in [-0.15, -0.1) is 0 Å². The van der Waals surface area contributed by atoms with Gasteiger partial charge in [0.2, 0.25) is 0 Å². The number of nitrogens with zero attached hydrogens (tertiary/aromatic N) is 2. The third kappa shape index (κ3) is 2.78. The van der Waals surface area contributed by atoms with Crippen LogP contribution in [0.1, 0.15) is 0 Å². The topological polar surface area (TPSA) is 141 Å². The van der Waals surface area contributed by atoms with E-state index in [4.69, 9.17) is 5.11 Å². The van der Waals surface area contributed by atoms with Crippen LogP contribution in [0, 0.1) is 20.2 Å². The maximum Gasteiger partial charge on any atom is 0.294 e. The number of sulfone groups is 1. The summed E-state index contributed by atoms with van der Waals surface area (Å²) in [6.07, 6.45) is 0. The molecule has 0 fully saturated rings. The lowest BCUT2D eigenvalue weighted by atomic mass is 10.3. The second-order valence-corrected chi connectivity index (χ2v) is 5.29. The fourth-order valence-corrected chi connectivity index (χ4v) is 2.44. The molecule has 98 valence electrons. The van der Waals surface area contributed by atoms with Crippen molar-refractivity contribution in [1.82, 2.24) is 0 Å². The van der Waals surface area contributed by atoms with Crippen LogP contribution in [0.3, 0.4) is 0 Å². The molecule has 0 saturated carbocycles. The second-order valence-electron chi connectivity index (χ2n) is 3.21. The van der Waals surface area contributed by atoms with Crippen molar-refractivity contribution in [3.63, 3.8) is 0 Å². The Morgan fingerprint density at radius 2 is 1.78 bits per heavy atom. The Hall–Kier alpha value is -2.07. The SMILES string of the molecule is O=[N+]([O-])c1ccc(S(=O)(=O)CCO)c([N+](=O)[O-])c1. The highest BCUT2D eigenvalue weighted by Crippen LogP contribution is 2.28. The van der Waals surface area contributed by atoms with Crippen LogP contribution in [0.5, 0.6) is 0 Å². The smallest absolute Gasteiger partial charge is 0.294 e. The fourth-order valence-electron chi connectivity index (χ4n) is 1.26. The van der Waals surface area contributed by atoms with Gasteiger partial charge < -0.3 is 5.11 Å². The number of benzene rings is 1. The molecule has 0 aliphatic heterocycles. The molecule has 1 aromatic carbocycles. The summed E-state index contributed by atoms with van der Waals surface area (Å²) in [6, 6.07) is 2.22. The predicted octanol–water partition coefficient (Wildman–Crippen LogP) is 0.269. The lowest BCUT2D eigenvalue weighted by molar-refractivity contribution is -0.396. The van der Waals surface area contributed by atoms with Crippen LogP contribution in [0.25, 0.3) is 0 Å². The van der Waals surface area contributed by atoms with E-state index >= 15 is 0 Å². The largest absolute Gasteiger partial charge is 0.395 e. The van der Waals surface area contributed by atoms with E-state index in [9.17, 15) is 28.6 Å². The average Bonchev–Trinajstić information content (AvgIpc) is 2.27. The first-order valence-electron chi connectivity index (χ1n) is 4.56. The second kappa shape index (κ2) is 5.06. The Bertz CT molecular complexity index is 595. The highest BCUT2D eigenvalue weighted by atomic mass is 32.2. The molecule has 0 spiro atoms. The van der Waals surface area contributed by atoms with E-state index in [1.807, 2.05) is 0 Å². The van der Waals surface area contributed by atoms with E-state index in [-0.39, 0.29) is 0 Å². The summed E-state index contributed by atoms with van der Waals surface area (Å²) in [7, 11) is -4.04. The summed E-state index contributed by atoms with van der Waals surface area (Å²) in [5.74, 6) is -0.689. The van der Waals surface area contributed by atoms with Gasteiger partial charge >= 0.3 is 0 Å². The van der Waals surface area contributed by atoms with Gasteiger partial charge in [-0.25, -0.2) is 8.42 Å². The molecular weight excluding hydrogens is 268 g/mol. The number of nitro benzene ring substituents is 2. The Morgan fingerprint density at radius 3 is 2.22 bits per heavy atom. The number of nitro groups is 2. The molecule has 18 heavy (non-hydrogen) atoms. The fraction of sp³-hybridized carbons (Fsp3) is 0.250. The summed E-state index contributed by atoms with van der Waals surface area (Å²) in [6.45, 7) is -0.698. The number of hydrogen-bond acceptors (Lipinski definition) is 7. The van der Waals surface area contributed by atoms with Gasteiger partial charge in [-0.05, 0) is 6.07 Å². The van der Waals surface area contributed by atoms with E-state index in [1.54, 1.807) is 0 Å². The van der Waals surface area contributed by atoms with Gasteiger partial charge in [-0.1, -0.05) is 0 Å². The number of aliphatic hydroxyl groups excluding tert-OH is 1. The Labute approximate surface area is 101 Å². The van der Waals surface area contributed by atoms with Gasteiger partial charge in [0, 0.05) is 6.07 Å². The maximum atomic E-state index is 11.6. The lowest BCUT2D eigenvalue weighted by Gasteiger charge is -2.03. The molecule has 1 rings (SSSR count). The molecule has 0 aliphatic rings. The minimum Gasteiger partial charge on any atom is -0.395 e. The first-order chi connectivity index (χ1) is 8.29. The molecular formula is C8H8N2O7S. The number of non-ortho nitro benzene ring substituents is 1. The Kier molecular flexibility index (Phi) is 3.93. The monoisotopic (exact) mass is 276 g/mol. The minimum atomic E-state index is -4.04. The van der Waals surface area contributed by atoms with Crippen LogP contribution in [0.4, 0.5) is 11.4 Å². The van der Waals surface area contributed by atoms with Crippen LogP contribution in [-0.2, 0) is 9.84 Å². The van der Waals surface area contributed by atoms with Crippen LogP contribution in [0.15, 0.2) is 23.1 Å². The molecule has 0 unspecified atom stereocenters. The standard InChI is InChI=1S/C8H8N2O7S/c11-3-4-18(16,17)8-2-1-6(9(12)13)5-7(8)10(14)15/h1-2,5,11H,3-4H2. The molecule has 1 N–H and O–H groups in total. The highest BCUT2D eigenvalue weighted by molar-refractivity contribution is 7.91. The van der Waals surface area contributed by atoms with E-state index in [2.05, 4.69) is 0 Å². The van der Waals surface area contributed by atoms with E-state index in [0.29, 0.717) is 6.07 Å².